The third kappa shape index (κ3) is 4.21. The van der Waals surface area contributed by atoms with E-state index in [1.807, 2.05) is 0 Å². The molecule has 3 rings (SSSR count). The first-order valence-corrected chi connectivity index (χ1v) is 8.64. The molecule has 1 unspecified atom stereocenters. The lowest BCUT2D eigenvalue weighted by Crippen LogP contribution is -2.30. The SMILES string of the molecule is Cc1occc1C(=O)Nc1nc(CC(=O)NCC2CCOC2)cs1. The number of nitrogens with one attached hydrogen (secondary N) is 2. The molecule has 0 radical (unpaired) electrons. The standard InChI is InChI=1S/C16H19N3O4S/c1-10-13(3-5-23-10)15(21)19-16-18-12(9-24-16)6-14(20)17-7-11-2-4-22-8-11/h3,5,9,11H,2,4,6-8H2,1H3,(H,17,20)(H,18,19,21). The predicted octanol–water partition coefficient (Wildman–Crippen LogP) is 1.99. The van der Waals surface area contributed by atoms with Crippen molar-refractivity contribution in [1.82, 2.24) is 10.3 Å². The van der Waals surface area contributed by atoms with Crippen LogP contribution in [0.4, 0.5) is 5.13 Å². The van der Waals surface area contributed by atoms with Gasteiger partial charge in [-0.1, -0.05) is 0 Å². The van der Waals surface area contributed by atoms with Crippen LogP contribution in [0.25, 0.3) is 0 Å². The molecule has 1 aliphatic heterocycles. The van der Waals surface area contributed by atoms with Gasteiger partial charge in [-0.3, -0.25) is 14.9 Å². The van der Waals surface area contributed by atoms with Gasteiger partial charge in [-0.2, -0.15) is 0 Å². The molecule has 0 saturated carbocycles. The normalized spacial score (nSPS) is 17.0. The van der Waals surface area contributed by atoms with E-state index < -0.39 is 0 Å². The quantitative estimate of drug-likeness (QED) is 0.832. The molecular weight excluding hydrogens is 330 g/mol. The van der Waals surface area contributed by atoms with Gasteiger partial charge in [0.25, 0.3) is 5.91 Å². The second-order valence-electron chi connectivity index (χ2n) is 5.70. The van der Waals surface area contributed by atoms with Crippen LogP contribution in [0.1, 0.15) is 28.2 Å². The molecule has 1 aliphatic rings. The lowest BCUT2D eigenvalue weighted by molar-refractivity contribution is -0.120. The molecule has 0 aromatic carbocycles. The highest BCUT2D eigenvalue weighted by atomic mass is 32.1. The van der Waals surface area contributed by atoms with Gasteiger partial charge in [0, 0.05) is 24.4 Å². The number of anilines is 1. The monoisotopic (exact) mass is 349 g/mol. The van der Waals surface area contributed by atoms with Crippen molar-refractivity contribution in [3.05, 3.63) is 34.7 Å². The van der Waals surface area contributed by atoms with E-state index in [1.165, 1.54) is 17.6 Å². The number of hydrogen-bond donors (Lipinski definition) is 2. The molecule has 1 fully saturated rings. The largest absolute Gasteiger partial charge is 0.469 e. The smallest absolute Gasteiger partial charge is 0.260 e. The summed E-state index contributed by atoms with van der Waals surface area (Å²) in [4.78, 5) is 28.3. The van der Waals surface area contributed by atoms with Gasteiger partial charge in [-0.05, 0) is 19.4 Å². The minimum Gasteiger partial charge on any atom is -0.469 e. The van der Waals surface area contributed by atoms with Crippen molar-refractivity contribution >= 4 is 28.3 Å². The zero-order chi connectivity index (χ0) is 16.9. The lowest BCUT2D eigenvalue weighted by Gasteiger charge is -2.08. The summed E-state index contributed by atoms with van der Waals surface area (Å²) in [5, 5.41) is 7.85. The fourth-order valence-electron chi connectivity index (χ4n) is 2.46. The van der Waals surface area contributed by atoms with E-state index >= 15 is 0 Å². The number of carbonyl (C=O) groups excluding carboxylic acids is 2. The molecule has 1 atom stereocenters. The number of carbonyl (C=O) groups is 2. The molecule has 2 aromatic heterocycles. The zero-order valence-electron chi connectivity index (χ0n) is 13.3. The van der Waals surface area contributed by atoms with E-state index in [9.17, 15) is 9.59 Å². The molecule has 0 bridgehead atoms. The molecule has 7 nitrogen and oxygen atoms in total. The number of hydrogen-bond acceptors (Lipinski definition) is 6. The highest BCUT2D eigenvalue weighted by Gasteiger charge is 2.17. The van der Waals surface area contributed by atoms with Crippen LogP contribution in [0.5, 0.6) is 0 Å². The fourth-order valence-corrected chi connectivity index (χ4v) is 3.17. The van der Waals surface area contributed by atoms with Crippen molar-refractivity contribution in [2.24, 2.45) is 5.92 Å². The van der Waals surface area contributed by atoms with Gasteiger partial charge in [-0.15, -0.1) is 11.3 Å². The Labute approximate surface area is 143 Å². The molecule has 128 valence electrons. The lowest BCUT2D eigenvalue weighted by atomic mass is 10.1. The van der Waals surface area contributed by atoms with Crippen LogP contribution in [0.2, 0.25) is 0 Å². The van der Waals surface area contributed by atoms with Crippen LogP contribution in [0, 0.1) is 12.8 Å². The van der Waals surface area contributed by atoms with Crippen LogP contribution in [-0.4, -0.2) is 36.6 Å². The molecule has 1 saturated heterocycles. The van der Waals surface area contributed by atoms with Crippen molar-refractivity contribution in [2.45, 2.75) is 19.8 Å². The maximum atomic E-state index is 12.1. The van der Waals surface area contributed by atoms with Crippen molar-refractivity contribution in [3.8, 4) is 0 Å². The maximum Gasteiger partial charge on any atom is 0.260 e. The molecule has 24 heavy (non-hydrogen) atoms. The van der Waals surface area contributed by atoms with E-state index in [0.717, 1.165) is 13.0 Å². The van der Waals surface area contributed by atoms with Gasteiger partial charge < -0.3 is 14.5 Å². The Bertz CT molecular complexity index is 718. The number of nitrogens with zero attached hydrogens (tertiary/aromatic N) is 1. The highest BCUT2D eigenvalue weighted by Crippen LogP contribution is 2.18. The number of rotatable bonds is 6. The highest BCUT2D eigenvalue weighted by molar-refractivity contribution is 7.14. The average Bonchev–Trinajstić information content (AvgIpc) is 3.27. The van der Waals surface area contributed by atoms with Crippen LogP contribution >= 0.6 is 11.3 Å². The third-order valence-electron chi connectivity index (χ3n) is 3.83. The summed E-state index contributed by atoms with van der Waals surface area (Å²) in [7, 11) is 0. The number of aryl methyl sites for hydroxylation is 1. The maximum absolute atomic E-state index is 12.1. The van der Waals surface area contributed by atoms with Crippen molar-refractivity contribution in [3.63, 3.8) is 0 Å². The molecule has 3 heterocycles. The van der Waals surface area contributed by atoms with E-state index in [2.05, 4.69) is 15.6 Å². The molecule has 0 aliphatic carbocycles. The Hall–Kier alpha value is -2.19. The second kappa shape index (κ2) is 7.59. The number of amides is 2. The molecular formula is C16H19N3O4S. The minimum absolute atomic E-state index is 0.0734. The Kier molecular flexibility index (Phi) is 5.27. The van der Waals surface area contributed by atoms with Gasteiger partial charge >= 0.3 is 0 Å². The second-order valence-corrected chi connectivity index (χ2v) is 6.56. The van der Waals surface area contributed by atoms with Gasteiger partial charge in [0.2, 0.25) is 5.91 Å². The number of thiazole rings is 1. The molecule has 0 spiro atoms. The Morgan fingerprint density at radius 2 is 2.33 bits per heavy atom. The van der Waals surface area contributed by atoms with E-state index in [4.69, 9.17) is 9.15 Å². The molecule has 2 amide bonds. The van der Waals surface area contributed by atoms with E-state index in [-0.39, 0.29) is 18.2 Å². The van der Waals surface area contributed by atoms with Crippen molar-refractivity contribution < 1.29 is 18.7 Å². The van der Waals surface area contributed by atoms with Crippen molar-refractivity contribution in [2.75, 3.05) is 25.1 Å². The molecule has 8 heteroatoms. The molecule has 2 aromatic rings. The summed E-state index contributed by atoms with van der Waals surface area (Å²) in [6.07, 6.45) is 2.66. The number of ether oxygens (including phenoxy) is 1. The van der Waals surface area contributed by atoms with E-state index in [1.54, 1.807) is 18.4 Å². The summed E-state index contributed by atoms with van der Waals surface area (Å²) >= 11 is 1.29. The summed E-state index contributed by atoms with van der Waals surface area (Å²) in [5.74, 6) is 0.612. The first kappa shape index (κ1) is 16.7. The third-order valence-corrected chi connectivity index (χ3v) is 4.64. The number of furan rings is 1. The zero-order valence-corrected chi connectivity index (χ0v) is 14.1. The predicted molar refractivity (Wildman–Crippen MR) is 89.2 cm³/mol. The van der Waals surface area contributed by atoms with Crippen LogP contribution in [-0.2, 0) is 16.0 Å². The average molecular weight is 349 g/mol. The van der Waals surface area contributed by atoms with Crippen LogP contribution in [0.15, 0.2) is 22.1 Å². The first-order chi connectivity index (χ1) is 11.6. The van der Waals surface area contributed by atoms with E-state index in [0.29, 0.717) is 41.2 Å². The van der Waals surface area contributed by atoms with Crippen LogP contribution < -0.4 is 10.6 Å². The Morgan fingerprint density at radius 3 is 3.04 bits per heavy atom. The van der Waals surface area contributed by atoms with Gasteiger partial charge in [0.05, 0.1) is 30.5 Å². The van der Waals surface area contributed by atoms with Gasteiger partial charge in [-0.25, -0.2) is 4.98 Å². The summed E-state index contributed by atoms with van der Waals surface area (Å²) < 4.78 is 10.4. The summed E-state index contributed by atoms with van der Waals surface area (Å²) in [6.45, 7) is 3.83. The Balaban J connectivity index is 1.49. The first-order valence-electron chi connectivity index (χ1n) is 7.76. The van der Waals surface area contributed by atoms with Crippen molar-refractivity contribution in [1.29, 1.82) is 0 Å². The van der Waals surface area contributed by atoms with Crippen LogP contribution in [0.3, 0.4) is 0 Å². The Morgan fingerprint density at radius 1 is 1.46 bits per heavy atom. The number of aromatic nitrogens is 1. The topological polar surface area (TPSA) is 93.5 Å². The summed E-state index contributed by atoms with van der Waals surface area (Å²) in [5.41, 5.74) is 1.11. The molecule has 2 N–H and O–H groups in total. The fraction of sp³-hybridized carbons (Fsp3) is 0.438. The van der Waals surface area contributed by atoms with Gasteiger partial charge in [0.15, 0.2) is 5.13 Å². The van der Waals surface area contributed by atoms with Gasteiger partial charge in [0.1, 0.15) is 5.76 Å². The summed E-state index contributed by atoms with van der Waals surface area (Å²) in [6, 6.07) is 1.61. The minimum atomic E-state index is -0.271.